The number of carboxylic acid groups (broad SMARTS) is 1. The van der Waals surface area contributed by atoms with Gasteiger partial charge in [-0.1, -0.05) is 13.3 Å². The van der Waals surface area contributed by atoms with Gasteiger partial charge >= 0.3 is 12.0 Å². The summed E-state index contributed by atoms with van der Waals surface area (Å²) in [6, 6.07) is -0.751. The van der Waals surface area contributed by atoms with Gasteiger partial charge in [-0.05, 0) is 6.42 Å². The van der Waals surface area contributed by atoms with E-state index in [9.17, 15) is 19.2 Å². The maximum atomic E-state index is 12.1. The highest BCUT2D eigenvalue weighted by Gasteiger charge is 2.24. The van der Waals surface area contributed by atoms with Gasteiger partial charge in [0.2, 0.25) is 11.8 Å². The van der Waals surface area contributed by atoms with Gasteiger partial charge in [0.15, 0.2) is 0 Å². The summed E-state index contributed by atoms with van der Waals surface area (Å²) in [5.74, 6) is -2.84. The normalized spacial score (nSPS) is 9.85. The van der Waals surface area contributed by atoms with Gasteiger partial charge in [-0.2, -0.15) is 0 Å². The SMILES string of the molecule is CCCCN(CC(N)=O)C(=O)N(CC(N)=O)CC(=O)O. The van der Waals surface area contributed by atoms with Crippen molar-refractivity contribution in [2.75, 3.05) is 26.2 Å². The van der Waals surface area contributed by atoms with Crippen LogP contribution in [0, 0.1) is 0 Å². The maximum Gasteiger partial charge on any atom is 0.323 e. The lowest BCUT2D eigenvalue weighted by atomic mass is 10.3. The van der Waals surface area contributed by atoms with Crippen molar-refractivity contribution in [2.24, 2.45) is 11.5 Å². The smallest absolute Gasteiger partial charge is 0.323 e. The number of nitrogens with two attached hydrogens (primary N) is 2. The minimum Gasteiger partial charge on any atom is -0.480 e. The molecule has 0 aromatic carbocycles. The predicted octanol–water partition coefficient (Wildman–Crippen LogP) is -1.43. The molecule has 0 aromatic heterocycles. The fraction of sp³-hybridized carbons (Fsp3) is 0.636. The summed E-state index contributed by atoms with van der Waals surface area (Å²) in [6.45, 7) is 0.585. The third-order valence-corrected chi connectivity index (χ3v) is 2.34. The molecule has 0 atom stereocenters. The number of aliphatic carboxylic acids is 1. The van der Waals surface area contributed by atoms with E-state index < -0.39 is 36.9 Å². The van der Waals surface area contributed by atoms with E-state index in [1.807, 2.05) is 6.92 Å². The third-order valence-electron chi connectivity index (χ3n) is 2.34. The van der Waals surface area contributed by atoms with E-state index in [-0.39, 0.29) is 13.1 Å². The van der Waals surface area contributed by atoms with Crippen LogP contribution in [0.3, 0.4) is 0 Å². The number of urea groups is 1. The number of hydrogen-bond donors (Lipinski definition) is 3. The molecule has 0 fully saturated rings. The Morgan fingerprint density at radius 3 is 1.85 bits per heavy atom. The van der Waals surface area contributed by atoms with Gasteiger partial charge in [-0.15, -0.1) is 0 Å². The number of primary amides is 2. The van der Waals surface area contributed by atoms with Crippen molar-refractivity contribution >= 4 is 23.8 Å². The van der Waals surface area contributed by atoms with Crippen LogP contribution in [-0.4, -0.2) is 64.9 Å². The van der Waals surface area contributed by atoms with Crippen LogP contribution in [0.2, 0.25) is 0 Å². The highest BCUT2D eigenvalue weighted by Crippen LogP contribution is 2.02. The van der Waals surface area contributed by atoms with E-state index in [1.165, 1.54) is 0 Å². The van der Waals surface area contributed by atoms with E-state index in [0.29, 0.717) is 6.42 Å². The summed E-state index contributed by atoms with van der Waals surface area (Å²) in [5, 5.41) is 8.73. The van der Waals surface area contributed by atoms with Crippen LogP contribution in [0.15, 0.2) is 0 Å². The van der Waals surface area contributed by atoms with Gasteiger partial charge in [-0.25, -0.2) is 4.79 Å². The standard InChI is InChI=1S/C11H20N4O5/c1-2-3-4-14(5-8(12)16)11(20)15(6-9(13)17)7-10(18)19/h2-7H2,1H3,(H2,12,16)(H2,13,17)(H,18,19). The van der Waals surface area contributed by atoms with E-state index in [4.69, 9.17) is 16.6 Å². The van der Waals surface area contributed by atoms with Crippen LogP contribution in [0.4, 0.5) is 4.79 Å². The molecule has 0 aromatic rings. The zero-order valence-corrected chi connectivity index (χ0v) is 11.4. The van der Waals surface area contributed by atoms with Crippen LogP contribution >= 0.6 is 0 Å². The topological polar surface area (TPSA) is 147 Å². The molecule has 9 heteroatoms. The van der Waals surface area contributed by atoms with Gasteiger partial charge in [-0.3, -0.25) is 14.4 Å². The highest BCUT2D eigenvalue weighted by atomic mass is 16.4. The molecule has 20 heavy (non-hydrogen) atoms. The van der Waals surface area contributed by atoms with E-state index in [0.717, 1.165) is 16.2 Å². The summed E-state index contributed by atoms with van der Waals surface area (Å²) in [5.41, 5.74) is 10.0. The van der Waals surface area contributed by atoms with Crippen molar-refractivity contribution < 1.29 is 24.3 Å². The molecule has 0 aliphatic carbocycles. The molecular weight excluding hydrogens is 268 g/mol. The van der Waals surface area contributed by atoms with Gasteiger partial charge in [0.05, 0.1) is 0 Å². The van der Waals surface area contributed by atoms with Crippen LogP contribution in [0.5, 0.6) is 0 Å². The predicted molar refractivity (Wildman–Crippen MR) is 69.5 cm³/mol. The average molecular weight is 288 g/mol. The monoisotopic (exact) mass is 288 g/mol. The molecule has 0 unspecified atom stereocenters. The van der Waals surface area contributed by atoms with Crippen LogP contribution in [0.1, 0.15) is 19.8 Å². The fourth-order valence-electron chi connectivity index (χ4n) is 1.52. The number of amides is 4. The minimum absolute atomic E-state index is 0.243. The number of hydrogen-bond acceptors (Lipinski definition) is 4. The van der Waals surface area contributed by atoms with Crippen LogP contribution < -0.4 is 11.5 Å². The van der Waals surface area contributed by atoms with Crippen molar-refractivity contribution in [3.63, 3.8) is 0 Å². The van der Waals surface area contributed by atoms with E-state index in [2.05, 4.69) is 0 Å². The lowest BCUT2D eigenvalue weighted by molar-refractivity contribution is -0.138. The van der Waals surface area contributed by atoms with E-state index >= 15 is 0 Å². The Balaban J connectivity index is 4.95. The Hall–Kier alpha value is -2.32. The van der Waals surface area contributed by atoms with Gasteiger partial charge in [0.25, 0.3) is 0 Å². The maximum absolute atomic E-state index is 12.1. The van der Waals surface area contributed by atoms with Crippen molar-refractivity contribution in [3.8, 4) is 0 Å². The Bertz CT molecular complexity index is 369. The second kappa shape index (κ2) is 8.73. The summed E-state index contributed by atoms with van der Waals surface area (Å²) in [6.07, 6.45) is 1.40. The third kappa shape index (κ3) is 7.19. The highest BCUT2D eigenvalue weighted by molar-refractivity contribution is 5.88. The Kier molecular flexibility index (Phi) is 7.71. The molecule has 0 aliphatic heterocycles. The van der Waals surface area contributed by atoms with Crippen molar-refractivity contribution in [1.29, 1.82) is 0 Å². The van der Waals surface area contributed by atoms with Gasteiger partial charge in [0, 0.05) is 6.54 Å². The fourth-order valence-corrected chi connectivity index (χ4v) is 1.52. The van der Waals surface area contributed by atoms with Crippen molar-refractivity contribution in [2.45, 2.75) is 19.8 Å². The molecule has 5 N–H and O–H groups in total. The number of nitrogens with zero attached hydrogens (tertiary/aromatic N) is 2. The number of unbranched alkanes of at least 4 members (excludes halogenated alkanes) is 1. The zero-order chi connectivity index (χ0) is 15.7. The first-order valence-electron chi connectivity index (χ1n) is 6.10. The second-order valence-corrected chi connectivity index (χ2v) is 4.24. The van der Waals surface area contributed by atoms with Gasteiger partial charge < -0.3 is 26.4 Å². The second-order valence-electron chi connectivity index (χ2n) is 4.24. The molecule has 0 rings (SSSR count). The Morgan fingerprint density at radius 1 is 0.950 bits per heavy atom. The summed E-state index contributed by atoms with van der Waals surface area (Å²) in [7, 11) is 0. The molecule has 0 saturated heterocycles. The average Bonchev–Trinajstić information content (AvgIpc) is 2.31. The molecule has 114 valence electrons. The first-order chi connectivity index (χ1) is 9.27. The molecular formula is C11H20N4O5. The lowest BCUT2D eigenvalue weighted by Crippen LogP contribution is -2.50. The number of carbonyl (C=O) groups excluding carboxylic acids is 3. The van der Waals surface area contributed by atoms with E-state index in [1.54, 1.807) is 0 Å². The van der Waals surface area contributed by atoms with Crippen molar-refractivity contribution in [3.05, 3.63) is 0 Å². The lowest BCUT2D eigenvalue weighted by Gasteiger charge is -2.28. The van der Waals surface area contributed by atoms with Crippen LogP contribution in [0.25, 0.3) is 0 Å². The van der Waals surface area contributed by atoms with Crippen molar-refractivity contribution in [1.82, 2.24) is 9.80 Å². The molecule has 4 amide bonds. The molecule has 0 saturated carbocycles. The summed E-state index contributed by atoms with van der Waals surface area (Å²) >= 11 is 0. The Labute approximate surface area is 116 Å². The first-order valence-corrected chi connectivity index (χ1v) is 6.10. The minimum atomic E-state index is -1.28. The number of carboxylic acids is 1. The molecule has 0 heterocycles. The molecule has 9 nitrogen and oxygen atoms in total. The first kappa shape index (κ1) is 17.7. The van der Waals surface area contributed by atoms with Gasteiger partial charge in [0.1, 0.15) is 19.6 Å². The summed E-state index contributed by atoms with van der Waals surface area (Å²) in [4.78, 5) is 46.5. The van der Waals surface area contributed by atoms with Crippen LogP contribution in [-0.2, 0) is 14.4 Å². The Morgan fingerprint density at radius 2 is 1.45 bits per heavy atom. The zero-order valence-electron chi connectivity index (χ0n) is 11.4. The number of rotatable bonds is 9. The molecule has 0 aliphatic rings. The summed E-state index contributed by atoms with van der Waals surface area (Å²) < 4.78 is 0. The largest absolute Gasteiger partial charge is 0.480 e. The molecule has 0 spiro atoms. The number of carbonyl (C=O) groups is 4. The quantitative estimate of drug-likeness (QED) is 0.475. The molecule has 0 bridgehead atoms. The molecule has 0 radical (unpaired) electrons.